The number of carbonyl (C=O) groups excluding carboxylic acids is 2. The molecular formula is C20H19N3O2S. The lowest BCUT2D eigenvalue weighted by molar-refractivity contribution is -0.116. The minimum atomic E-state index is -0.125. The number of thiazole rings is 1. The number of hydrogen-bond acceptors (Lipinski definition) is 4. The smallest absolute Gasteiger partial charge is 0.224 e. The van der Waals surface area contributed by atoms with Crippen LogP contribution in [0, 0.1) is 0 Å². The van der Waals surface area contributed by atoms with Crippen molar-refractivity contribution in [3.05, 3.63) is 65.0 Å². The summed E-state index contributed by atoms with van der Waals surface area (Å²) in [4.78, 5) is 27.7. The molecule has 132 valence electrons. The van der Waals surface area contributed by atoms with E-state index in [-0.39, 0.29) is 11.8 Å². The highest BCUT2D eigenvalue weighted by Crippen LogP contribution is 2.22. The number of anilines is 2. The highest BCUT2D eigenvalue weighted by atomic mass is 32.1. The van der Waals surface area contributed by atoms with E-state index in [0.717, 1.165) is 16.3 Å². The molecule has 1 heterocycles. The largest absolute Gasteiger partial charge is 0.326 e. The van der Waals surface area contributed by atoms with E-state index in [1.165, 1.54) is 6.92 Å². The van der Waals surface area contributed by atoms with Crippen molar-refractivity contribution in [3.63, 3.8) is 0 Å². The molecule has 0 aliphatic carbocycles. The number of hydrogen-bond donors (Lipinski definition) is 2. The fraction of sp³-hybridized carbons (Fsp3) is 0.150. The van der Waals surface area contributed by atoms with E-state index in [0.29, 0.717) is 24.2 Å². The van der Waals surface area contributed by atoms with Gasteiger partial charge < -0.3 is 10.6 Å². The summed E-state index contributed by atoms with van der Waals surface area (Å²) in [6, 6.07) is 17.0. The van der Waals surface area contributed by atoms with Crippen molar-refractivity contribution in [3.8, 4) is 11.3 Å². The quantitative estimate of drug-likeness (QED) is 0.683. The summed E-state index contributed by atoms with van der Waals surface area (Å²) >= 11 is 1.57. The number of amides is 2. The third-order valence-corrected chi connectivity index (χ3v) is 4.58. The van der Waals surface area contributed by atoms with Crippen LogP contribution in [0.4, 0.5) is 11.4 Å². The molecule has 2 N–H and O–H groups in total. The summed E-state index contributed by atoms with van der Waals surface area (Å²) in [5.74, 6) is -0.186. The highest BCUT2D eigenvalue weighted by Gasteiger charge is 2.08. The lowest BCUT2D eigenvalue weighted by Gasteiger charge is -2.06. The zero-order chi connectivity index (χ0) is 18.4. The van der Waals surface area contributed by atoms with E-state index in [9.17, 15) is 9.59 Å². The Labute approximate surface area is 156 Å². The van der Waals surface area contributed by atoms with Crippen LogP contribution in [-0.2, 0) is 16.0 Å². The van der Waals surface area contributed by atoms with E-state index in [4.69, 9.17) is 0 Å². The van der Waals surface area contributed by atoms with E-state index < -0.39 is 0 Å². The zero-order valence-electron chi connectivity index (χ0n) is 14.4. The second-order valence-electron chi connectivity index (χ2n) is 5.80. The first-order valence-corrected chi connectivity index (χ1v) is 9.15. The monoisotopic (exact) mass is 365 g/mol. The lowest BCUT2D eigenvalue weighted by Crippen LogP contribution is -2.12. The van der Waals surface area contributed by atoms with Crippen LogP contribution in [0.1, 0.15) is 18.4 Å². The summed E-state index contributed by atoms with van der Waals surface area (Å²) in [5, 5.41) is 8.51. The van der Waals surface area contributed by atoms with Gasteiger partial charge in [-0.1, -0.05) is 30.3 Å². The molecule has 6 heteroatoms. The Hall–Kier alpha value is -2.99. The maximum atomic E-state index is 12.1. The van der Waals surface area contributed by atoms with E-state index in [1.54, 1.807) is 35.6 Å². The SMILES string of the molecule is CC(=O)Nc1ccc(NC(=O)CCc2nc(-c3ccccc3)cs2)cc1. The number of benzene rings is 2. The number of aryl methyl sites for hydroxylation is 1. The van der Waals surface area contributed by atoms with Gasteiger partial charge in [-0.3, -0.25) is 9.59 Å². The summed E-state index contributed by atoms with van der Waals surface area (Å²) in [6.07, 6.45) is 0.975. The summed E-state index contributed by atoms with van der Waals surface area (Å²) < 4.78 is 0. The van der Waals surface area contributed by atoms with Crippen LogP contribution in [0.2, 0.25) is 0 Å². The molecular weight excluding hydrogens is 346 g/mol. The van der Waals surface area contributed by atoms with Crippen LogP contribution in [0.5, 0.6) is 0 Å². The second-order valence-corrected chi connectivity index (χ2v) is 6.74. The fourth-order valence-corrected chi connectivity index (χ4v) is 3.26. The van der Waals surface area contributed by atoms with Gasteiger partial charge in [-0.05, 0) is 24.3 Å². The molecule has 0 fully saturated rings. The minimum Gasteiger partial charge on any atom is -0.326 e. The van der Waals surface area contributed by atoms with Gasteiger partial charge in [0.2, 0.25) is 11.8 Å². The van der Waals surface area contributed by atoms with Gasteiger partial charge in [-0.15, -0.1) is 11.3 Å². The van der Waals surface area contributed by atoms with Crippen LogP contribution >= 0.6 is 11.3 Å². The molecule has 26 heavy (non-hydrogen) atoms. The van der Waals surface area contributed by atoms with Gasteiger partial charge in [0.25, 0.3) is 0 Å². The van der Waals surface area contributed by atoms with Crippen molar-refractivity contribution in [1.82, 2.24) is 4.98 Å². The van der Waals surface area contributed by atoms with Crippen LogP contribution in [-0.4, -0.2) is 16.8 Å². The highest BCUT2D eigenvalue weighted by molar-refractivity contribution is 7.09. The molecule has 0 atom stereocenters. The van der Waals surface area contributed by atoms with Crippen molar-refractivity contribution >= 4 is 34.5 Å². The number of rotatable bonds is 6. The Kier molecular flexibility index (Phi) is 5.76. The maximum absolute atomic E-state index is 12.1. The van der Waals surface area contributed by atoms with Crippen molar-refractivity contribution in [2.45, 2.75) is 19.8 Å². The average molecular weight is 365 g/mol. The molecule has 3 aromatic rings. The van der Waals surface area contributed by atoms with Gasteiger partial charge in [0, 0.05) is 42.1 Å². The molecule has 0 aliphatic heterocycles. The zero-order valence-corrected chi connectivity index (χ0v) is 15.2. The van der Waals surface area contributed by atoms with Gasteiger partial charge in [-0.25, -0.2) is 4.98 Å². The molecule has 2 aromatic carbocycles. The van der Waals surface area contributed by atoms with E-state index >= 15 is 0 Å². The third kappa shape index (κ3) is 5.00. The predicted octanol–water partition coefficient (Wildman–Crippen LogP) is 4.34. The molecule has 0 aliphatic rings. The van der Waals surface area contributed by atoms with Gasteiger partial charge in [0.1, 0.15) is 0 Å². The Morgan fingerprint density at radius 1 is 0.962 bits per heavy atom. The molecule has 0 saturated carbocycles. The normalized spacial score (nSPS) is 10.3. The first kappa shape index (κ1) is 17.8. The van der Waals surface area contributed by atoms with Gasteiger partial charge in [0.15, 0.2) is 0 Å². The fourth-order valence-electron chi connectivity index (χ4n) is 2.45. The number of nitrogens with one attached hydrogen (secondary N) is 2. The summed E-state index contributed by atoms with van der Waals surface area (Å²) in [5.41, 5.74) is 3.43. The maximum Gasteiger partial charge on any atom is 0.224 e. The molecule has 1 aromatic heterocycles. The van der Waals surface area contributed by atoms with Gasteiger partial charge in [-0.2, -0.15) is 0 Å². The van der Waals surface area contributed by atoms with E-state index in [2.05, 4.69) is 15.6 Å². The predicted molar refractivity (Wildman–Crippen MR) is 105 cm³/mol. The van der Waals surface area contributed by atoms with Crippen LogP contribution in [0.25, 0.3) is 11.3 Å². The number of nitrogens with zero attached hydrogens (tertiary/aromatic N) is 1. The van der Waals surface area contributed by atoms with Crippen LogP contribution in [0.3, 0.4) is 0 Å². The molecule has 0 saturated heterocycles. The Balaban J connectivity index is 1.51. The standard InChI is InChI=1S/C20H19N3O2S/c1-14(24)21-16-7-9-17(10-8-16)22-19(25)11-12-20-23-18(13-26-20)15-5-3-2-4-6-15/h2-10,13H,11-12H2,1H3,(H,21,24)(H,22,25). The first-order valence-electron chi connectivity index (χ1n) is 8.27. The summed E-state index contributed by atoms with van der Waals surface area (Å²) in [7, 11) is 0. The Morgan fingerprint density at radius 3 is 2.27 bits per heavy atom. The topological polar surface area (TPSA) is 71.1 Å². The minimum absolute atomic E-state index is 0.0614. The number of carbonyl (C=O) groups is 2. The Bertz CT molecular complexity index is 889. The number of aromatic nitrogens is 1. The first-order chi connectivity index (χ1) is 12.6. The summed E-state index contributed by atoms with van der Waals surface area (Å²) in [6.45, 7) is 1.46. The van der Waals surface area contributed by atoms with Gasteiger partial charge in [0.05, 0.1) is 10.7 Å². The van der Waals surface area contributed by atoms with Crippen molar-refractivity contribution in [1.29, 1.82) is 0 Å². The van der Waals surface area contributed by atoms with E-state index in [1.807, 2.05) is 35.7 Å². The van der Waals surface area contributed by atoms with Crippen LogP contribution in [0.15, 0.2) is 60.0 Å². The van der Waals surface area contributed by atoms with Crippen LogP contribution < -0.4 is 10.6 Å². The molecule has 3 rings (SSSR count). The van der Waals surface area contributed by atoms with Crippen molar-refractivity contribution < 1.29 is 9.59 Å². The van der Waals surface area contributed by atoms with Crippen molar-refractivity contribution in [2.75, 3.05) is 10.6 Å². The third-order valence-electron chi connectivity index (χ3n) is 3.68. The molecule has 0 radical (unpaired) electrons. The molecule has 5 nitrogen and oxygen atoms in total. The van der Waals surface area contributed by atoms with Crippen molar-refractivity contribution in [2.24, 2.45) is 0 Å². The molecule has 0 bridgehead atoms. The molecule has 0 spiro atoms. The Morgan fingerprint density at radius 2 is 1.62 bits per heavy atom. The average Bonchev–Trinajstić information content (AvgIpc) is 3.11. The van der Waals surface area contributed by atoms with Gasteiger partial charge >= 0.3 is 0 Å². The second kappa shape index (κ2) is 8.40. The molecule has 2 amide bonds. The molecule has 0 unspecified atom stereocenters. The lowest BCUT2D eigenvalue weighted by atomic mass is 10.2.